The van der Waals surface area contributed by atoms with E-state index in [1.807, 2.05) is 0 Å². The molecule has 3 nitrogen and oxygen atoms in total. The molecule has 0 bridgehead atoms. The van der Waals surface area contributed by atoms with Crippen molar-refractivity contribution in [2.75, 3.05) is 9.80 Å². The van der Waals surface area contributed by atoms with Crippen LogP contribution >= 0.6 is 0 Å². The molecular weight excluding hydrogens is 1120 g/mol. The Morgan fingerprint density at radius 3 is 1.20 bits per heavy atom. The molecule has 3 heterocycles. The number of fused-ring (bicyclic) bond motifs is 7. The van der Waals surface area contributed by atoms with Crippen molar-refractivity contribution in [3.05, 3.63) is 290 Å². The van der Waals surface area contributed by atoms with E-state index >= 15 is 0 Å². The summed E-state index contributed by atoms with van der Waals surface area (Å²) >= 11 is 0. The van der Waals surface area contributed by atoms with Gasteiger partial charge in [0, 0.05) is 61.5 Å². The largest absolute Gasteiger partial charge is 0.310 e. The first-order valence-corrected chi connectivity index (χ1v) is 33.7. The van der Waals surface area contributed by atoms with E-state index in [1.54, 1.807) is 0 Å². The summed E-state index contributed by atoms with van der Waals surface area (Å²) in [5.74, 6) is 0.863. The summed E-state index contributed by atoms with van der Waals surface area (Å²) in [5, 5.41) is 2.56. The van der Waals surface area contributed by atoms with E-state index in [9.17, 15) is 0 Å². The number of anilines is 6. The zero-order valence-corrected chi connectivity index (χ0v) is 55.2. The standard InChI is InChI=1S/C89H80BN3/c1-58-49-66(57-89(8,9)56-58)65-51-82-84-83(52-65)93(86-72(62-33-21-13-22-34-62)39-26-40-73(86)63-35-23-14-24-36-63)81-55-69(91-78-47-42-67(87(2,3)4)53-74(78)75-54-68(88(5,6)7)43-48-79(75)91)44-46-77(81)90(84)76-45-41-64(59-27-15-10-16-28-59)50-80(76)92(82)85-70(60-29-17-11-18-30-60)37-25-38-71(85)61-31-19-12-20-32-61/h10-48,50-55,58,66H,49,56-57H2,1-9H3. The monoisotopic (exact) mass is 1200 g/mol. The molecule has 1 fully saturated rings. The van der Waals surface area contributed by atoms with Crippen molar-refractivity contribution in [2.24, 2.45) is 11.3 Å². The lowest BCUT2D eigenvalue weighted by atomic mass is 9.33. The van der Waals surface area contributed by atoms with E-state index in [-0.39, 0.29) is 23.0 Å². The summed E-state index contributed by atoms with van der Waals surface area (Å²) in [6, 6.07) is 104. The fraction of sp³-hybridized carbons (Fsp3) is 0.191. The summed E-state index contributed by atoms with van der Waals surface area (Å²) in [6.45, 7) is 21.4. The number of aromatic nitrogens is 1. The minimum Gasteiger partial charge on any atom is -0.310 e. The van der Waals surface area contributed by atoms with Crippen LogP contribution in [0.1, 0.15) is 104 Å². The van der Waals surface area contributed by atoms with E-state index in [4.69, 9.17) is 0 Å². The molecule has 0 N–H and O–H groups in total. The van der Waals surface area contributed by atoms with Crippen LogP contribution in [0.15, 0.2) is 273 Å². The lowest BCUT2D eigenvalue weighted by Crippen LogP contribution is -2.61. The Bertz CT molecular complexity index is 4820. The predicted molar refractivity (Wildman–Crippen MR) is 399 cm³/mol. The van der Waals surface area contributed by atoms with Crippen molar-refractivity contribution in [1.82, 2.24) is 4.57 Å². The SMILES string of the molecule is CC1CC(c2cc3c4c(c2)N(c2c(-c5ccccc5)cccc2-c2ccccc2)c2cc(-n5c6ccc(C(C)(C)C)cc6c6cc(C(C)(C)C)ccc65)ccc2B4c2ccc(-c4ccccc4)cc2N3c2c(-c3ccccc3)cccc2-c2ccccc2)CC(C)(C)C1. The van der Waals surface area contributed by atoms with Crippen LogP contribution in [0.2, 0.25) is 0 Å². The van der Waals surface area contributed by atoms with Crippen molar-refractivity contribution in [3.8, 4) is 61.3 Å². The molecule has 93 heavy (non-hydrogen) atoms. The molecule has 1 saturated carbocycles. The van der Waals surface area contributed by atoms with Crippen LogP contribution in [-0.4, -0.2) is 11.3 Å². The lowest BCUT2D eigenvalue weighted by Gasteiger charge is -2.47. The molecule has 13 aromatic rings. The maximum atomic E-state index is 2.76. The van der Waals surface area contributed by atoms with E-state index in [2.05, 4.69) is 350 Å². The highest BCUT2D eigenvalue weighted by Gasteiger charge is 2.47. The van der Waals surface area contributed by atoms with Crippen LogP contribution < -0.4 is 26.2 Å². The van der Waals surface area contributed by atoms with Gasteiger partial charge in [0.25, 0.3) is 6.71 Å². The molecule has 2 unspecified atom stereocenters. The third kappa shape index (κ3) is 10.1. The molecule has 2 atom stereocenters. The third-order valence-electron chi connectivity index (χ3n) is 20.7. The average Bonchev–Trinajstić information content (AvgIpc) is 0.774. The Balaban J connectivity index is 1.08. The lowest BCUT2D eigenvalue weighted by molar-refractivity contribution is 0.168. The van der Waals surface area contributed by atoms with Crippen LogP contribution in [0.5, 0.6) is 0 Å². The van der Waals surface area contributed by atoms with Crippen molar-refractivity contribution >= 4 is 79.0 Å². The second kappa shape index (κ2) is 22.4. The van der Waals surface area contributed by atoms with Gasteiger partial charge in [-0.25, -0.2) is 0 Å². The first kappa shape index (κ1) is 58.2. The van der Waals surface area contributed by atoms with E-state index in [1.165, 1.54) is 151 Å². The average molecular weight is 1200 g/mol. The van der Waals surface area contributed by atoms with Gasteiger partial charge in [0.1, 0.15) is 0 Å². The number of rotatable bonds is 9. The van der Waals surface area contributed by atoms with E-state index in [0.29, 0.717) is 11.8 Å². The van der Waals surface area contributed by atoms with E-state index < -0.39 is 0 Å². The highest BCUT2D eigenvalue weighted by atomic mass is 15.2. The molecule has 0 amide bonds. The van der Waals surface area contributed by atoms with Gasteiger partial charge in [0.2, 0.25) is 0 Å². The fourth-order valence-corrected chi connectivity index (χ4v) is 16.5. The molecule has 0 spiro atoms. The van der Waals surface area contributed by atoms with Crippen molar-refractivity contribution in [1.29, 1.82) is 0 Å². The number of para-hydroxylation sites is 2. The molecule has 3 aliphatic rings. The summed E-state index contributed by atoms with van der Waals surface area (Å²) in [5.41, 5.74) is 30.6. The molecule has 1 aromatic heterocycles. The smallest absolute Gasteiger partial charge is 0.252 e. The van der Waals surface area contributed by atoms with Gasteiger partial charge in [-0.3, -0.25) is 0 Å². The van der Waals surface area contributed by atoms with Crippen molar-refractivity contribution < 1.29 is 0 Å². The minimum absolute atomic E-state index is 0.0316. The maximum Gasteiger partial charge on any atom is 0.252 e. The second-order valence-electron chi connectivity index (χ2n) is 29.7. The summed E-state index contributed by atoms with van der Waals surface area (Å²) in [4.78, 5) is 5.49. The van der Waals surface area contributed by atoms with Gasteiger partial charge in [0.05, 0.1) is 22.4 Å². The number of hydrogen-bond acceptors (Lipinski definition) is 2. The highest BCUT2D eigenvalue weighted by Crippen LogP contribution is 2.56. The van der Waals surface area contributed by atoms with Crippen LogP contribution in [0.25, 0.3) is 83.1 Å². The van der Waals surface area contributed by atoms with E-state index in [0.717, 1.165) is 18.5 Å². The van der Waals surface area contributed by atoms with Gasteiger partial charge >= 0.3 is 0 Å². The molecule has 0 radical (unpaired) electrons. The Labute approximate surface area is 550 Å². The molecule has 16 rings (SSSR count). The molecule has 4 heteroatoms. The Kier molecular flexibility index (Phi) is 14.1. The Morgan fingerprint density at radius 1 is 0.376 bits per heavy atom. The predicted octanol–water partition coefficient (Wildman–Crippen LogP) is 22.7. The first-order valence-electron chi connectivity index (χ1n) is 33.7. The fourth-order valence-electron chi connectivity index (χ4n) is 16.5. The molecule has 1 aliphatic carbocycles. The van der Waals surface area contributed by atoms with Gasteiger partial charge in [-0.05, 0) is 168 Å². The van der Waals surface area contributed by atoms with Gasteiger partial charge in [-0.2, -0.15) is 0 Å². The van der Waals surface area contributed by atoms with Gasteiger partial charge in [-0.1, -0.05) is 281 Å². The molecular formula is C89H80BN3. The summed E-state index contributed by atoms with van der Waals surface area (Å²) in [7, 11) is 0. The normalized spacial score (nSPS) is 15.9. The Morgan fingerprint density at radius 2 is 0.785 bits per heavy atom. The third-order valence-corrected chi connectivity index (χ3v) is 20.7. The topological polar surface area (TPSA) is 11.4 Å². The highest BCUT2D eigenvalue weighted by molar-refractivity contribution is 7.00. The molecule has 0 saturated heterocycles. The first-order chi connectivity index (χ1) is 45.0. The van der Waals surface area contributed by atoms with Crippen molar-refractivity contribution in [2.45, 2.75) is 98.3 Å². The van der Waals surface area contributed by atoms with Crippen LogP contribution in [0, 0.1) is 11.3 Å². The van der Waals surface area contributed by atoms with Crippen molar-refractivity contribution in [3.63, 3.8) is 0 Å². The quantitative estimate of drug-likeness (QED) is 0.133. The Hall–Kier alpha value is -9.90. The van der Waals surface area contributed by atoms with Gasteiger partial charge in [0.15, 0.2) is 0 Å². The van der Waals surface area contributed by atoms with Crippen LogP contribution in [0.4, 0.5) is 34.1 Å². The summed E-state index contributed by atoms with van der Waals surface area (Å²) in [6.07, 6.45) is 3.43. The molecule has 12 aromatic carbocycles. The van der Waals surface area contributed by atoms with Crippen LogP contribution in [-0.2, 0) is 10.8 Å². The van der Waals surface area contributed by atoms with Gasteiger partial charge < -0.3 is 14.4 Å². The maximum absolute atomic E-state index is 2.76. The minimum atomic E-state index is -0.155. The summed E-state index contributed by atoms with van der Waals surface area (Å²) < 4.78 is 2.57. The molecule has 454 valence electrons. The second-order valence-corrected chi connectivity index (χ2v) is 29.7. The van der Waals surface area contributed by atoms with Crippen LogP contribution in [0.3, 0.4) is 0 Å². The number of nitrogens with zero attached hydrogens (tertiary/aromatic N) is 3. The number of hydrogen-bond donors (Lipinski definition) is 0. The zero-order valence-electron chi connectivity index (χ0n) is 55.2. The molecule has 2 aliphatic heterocycles. The zero-order chi connectivity index (χ0) is 63.5. The van der Waals surface area contributed by atoms with Gasteiger partial charge in [-0.15, -0.1) is 0 Å². The number of benzene rings is 12.